The molecular formula is C14H17FN2O2. The zero-order chi connectivity index (χ0) is 13.4. The summed E-state index contributed by atoms with van der Waals surface area (Å²) >= 11 is 0. The summed E-state index contributed by atoms with van der Waals surface area (Å²) in [6, 6.07) is 4.97. The molecule has 5 heteroatoms. The van der Waals surface area contributed by atoms with Gasteiger partial charge in [-0.2, -0.15) is 0 Å². The minimum absolute atomic E-state index is 0.261. The van der Waals surface area contributed by atoms with Crippen LogP contribution in [0.25, 0.3) is 0 Å². The van der Waals surface area contributed by atoms with E-state index in [0.29, 0.717) is 6.04 Å². The summed E-state index contributed by atoms with van der Waals surface area (Å²) in [4.78, 5) is 15.4. The van der Waals surface area contributed by atoms with E-state index < -0.39 is 11.8 Å². The summed E-state index contributed by atoms with van der Waals surface area (Å²) in [7, 11) is 0. The van der Waals surface area contributed by atoms with Gasteiger partial charge < -0.3 is 10.0 Å². The zero-order valence-electron chi connectivity index (χ0n) is 10.7. The highest BCUT2D eigenvalue weighted by atomic mass is 19.1. The van der Waals surface area contributed by atoms with Crippen molar-refractivity contribution in [2.24, 2.45) is 0 Å². The molecule has 4 nitrogen and oxygen atoms in total. The van der Waals surface area contributed by atoms with E-state index in [0.717, 1.165) is 25.3 Å². The highest BCUT2D eigenvalue weighted by molar-refractivity contribution is 5.88. The summed E-state index contributed by atoms with van der Waals surface area (Å²) in [6.07, 6.45) is 2.44. The van der Waals surface area contributed by atoms with Gasteiger partial charge in [0.15, 0.2) is 0 Å². The first-order valence-corrected chi connectivity index (χ1v) is 6.67. The molecule has 2 aliphatic rings. The Labute approximate surface area is 111 Å². The van der Waals surface area contributed by atoms with E-state index in [1.54, 1.807) is 6.07 Å². The van der Waals surface area contributed by atoms with E-state index in [9.17, 15) is 9.18 Å². The Bertz CT molecular complexity index is 506. The molecule has 19 heavy (non-hydrogen) atoms. The molecule has 0 aromatic heterocycles. The van der Waals surface area contributed by atoms with Crippen molar-refractivity contribution in [3.63, 3.8) is 0 Å². The molecule has 2 heterocycles. The molecule has 0 amide bonds. The van der Waals surface area contributed by atoms with Gasteiger partial charge in [0.1, 0.15) is 5.82 Å². The molecule has 3 rings (SSSR count). The second-order valence-corrected chi connectivity index (χ2v) is 5.25. The number of aromatic carboxylic acids is 1. The number of carboxylic acids is 1. The number of hydrogen-bond donors (Lipinski definition) is 1. The molecule has 102 valence electrons. The van der Waals surface area contributed by atoms with Crippen molar-refractivity contribution in [2.75, 3.05) is 31.1 Å². The molecule has 1 aromatic carbocycles. The number of piperazine rings is 1. The van der Waals surface area contributed by atoms with Crippen LogP contribution in [0.15, 0.2) is 18.2 Å². The zero-order valence-corrected chi connectivity index (χ0v) is 10.7. The van der Waals surface area contributed by atoms with Gasteiger partial charge in [0, 0.05) is 31.4 Å². The second-order valence-electron chi connectivity index (χ2n) is 5.25. The largest absolute Gasteiger partial charge is 0.478 e. The van der Waals surface area contributed by atoms with Crippen molar-refractivity contribution in [1.82, 2.24) is 4.90 Å². The summed E-state index contributed by atoms with van der Waals surface area (Å²) in [5, 5.41) is 8.83. The molecule has 0 spiro atoms. The maximum atomic E-state index is 13.7. The van der Waals surface area contributed by atoms with Crippen molar-refractivity contribution in [3.8, 4) is 0 Å². The van der Waals surface area contributed by atoms with Gasteiger partial charge in [-0.1, -0.05) is 0 Å². The normalized spacial score (nSPS) is 23.4. The molecule has 0 radical (unpaired) electrons. The van der Waals surface area contributed by atoms with Crippen molar-refractivity contribution in [2.45, 2.75) is 18.9 Å². The molecule has 0 saturated carbocycles. The van der Waals surface area contributed by atoms with Crippen LogP contribution >= 0.6 is 0 Å². The molecule has 1 unspecified atom stereocenters. The molecule has 2 saturated heterocycles. The smallest absolute Gasteiger partial charge is 0.338 e. The molecule has 2 aliphatic heterocycles. The monoisotopic (exact) mass is 264 g/mol. The molecular weight excluding hydrogens is 247 g/mol. The Morgan fingerprint density at radius 2 is 2.16 bits per heavy atom. The third-order valence-corrected chi connectivity index (χ3v) is 4.14. The SMILES string of the molecule is O=C(O)c1ccc(N2CCN3CCCC3C2)cc1F. The van der Waals surface area contributed by atoms with Crippen LogP contribution in [0, 0.1) is 5.82 Å². The molecule has 1 atom stereocenters. The van der Waals surface area contributed by atoms with Crippen molar-refractivity contribution in [3.05, 3.63) is 29.6 Å². The fraction of sp³-hybridized carbons (Fsp3) is 0.500. The van der Waals surface area contributed by atoms with Gasteiger partial charge in [0.25, 0.3) is 0 Å². The first-order chi connectivity index (χ1) is 9.15. The highest BCUT2D eigenvalue weighted by Gasteiger charge is 2.30. The van der Waals surface area contributed by atoms with Crippen LogP contribution < -0.4 is 4.90 Å². The third kappa shape index (κ3) is 2.30. The number of carbonyl (C=O) groups is 1. The number of halogens is 1. The van der Waals surface area contributed by atoms with Crippen molar-refractivity contribution in [1.29, 1.82) is 0 Å². The van der Waals surface area contributed by atoms with Gasteiger partial charge in [-0.25, -0.2) is 9.18 Å². The average molecular weight is 264 g/mol. The number of carboxylic acid groups (broad SMARTS) is 1. The van der Waals surface area contributed by atoms with E-state index in [4.69, 9.17) is 5.11 Å². The predicted molar refractivity (Wildman–Crippen MR) is 70.2 cm³/mol. The Morgan fingerprint density at radius 1 is 1.32 bits per heavy atom. The number of rotatable bonds is 2. The lowest BCUT2D eigenvalue weighted by atomic mass is 10.1. The number of nitrogens with zero attached hydrogens (tertiary/aromatic N) is 2. The van der Waals surface area contributed by atoms with E-state index in [1.165, 1.54) is 31.5 Å². The maximum absolute atomic E-state index is 13.7. The Morgan fingerprint density at radius 3 is 2.89 bits per heavy atom. The number of benzene rings is 1. The lowest BCUT2D eigenvalue weighted by Crippen LogP contribution is -2.50. The van der Waals surface area contributed by atoms with Crippen LogP contribution in [0.3, 0.4) is 0 Å². The number of anilines is 1. The average Bonchev–Trinajstić information content (AvgIpc) is 2.85. The minimum Gasteiger partial charge on any atom is -0.478 e. The maximum Gasteiger partial charge on any atom is 0.338 e. The Kier molecular flexibility index (Phi) is 3.14. The van der Waals surface area contributed by atoms with Crippen molar-refractivity contribution < 1.29 is 14.3 Å². The fourth-order valence-corrected chi connectivity index (χ4v) is 3.10. The quantitative estimate of drug-likeness (QED) is 0.884. The first-order valence-electron chi connectivity index (χ1n) is 6.67. The minimum atomic E-state index is -1.22. The fourth-order valence-electron chi connectivity index (χ4n) is 3.10. The summed E-state index contributed by atoms with van der Waals surface area (Å²) in [6.45, 7) is 3.96. The van der Waals surface area contributed by atoms with Crippen LogP contribution in [0.5, 0.6) is 0 Å². The third-order valence-electron chi connectivity index (χ3n) is 4.14. The topological polar surface area (TPSA) is 43.8 Å². The predicted octanol–water partition coefficient (Wildman–Crippen LogP) is 1.81. The van der Waals surface area contributed by atoms with E-state index in [2.05, 4.69) is 9.80 Å². The lowest BCUT2D eigenvalue weighted by Gasteiger charge is -2.38. The van der Waals surface area contributed by atoms with Crippen molar-refractivity contribution >= 4 is 11.7 Å². The number of fused-ring (bicyclic) bond motifs is 1. The lowest BCUT2D eigenvalue weighted by molar-refractivity contribution is 0.0692. The van der Waals surface area contributed by atoms with Crippen LogP contribution in [0.4, 0.5) is 10.1 Å². The van der Waals surface area contributed by atoms with Gasteiger partial charge >= 0.3 is 5.97 Å². The molecule has 0 bridgehead atoms. The molecule has 2 fully saturated rings. The second kappa shape index (κ2) is 4.81. The summed E-state index contributed by atoms with van der Waals surface area (Å²) < 4.78 is 13.7. The van der Waals surface area contributed by atoms with E-state index in [-0.39, 0.29) is 5.56 Å². The molecule has 0 aliphatic carbocycles. The Hall–Kier alpha value is -1.62. The van der Waals surface area contributed by atoms with Gasteiger partial charge in [-0.15, -0.1) is 0 Å². The van der Waals surface area contributed by atoms with E-state index in [1.807, 2.05) is 0 Å². The van der Waals surface area contributed by atoms with Crippen LogP contribution in [0.1, 0.15) is 23.2 Å². The van der Waals surface area contributed by atoms with Crippen LogP contribution in [-0.4, -0.2) is 48.2 Å². The van der Waals surface area contributed by atoms with E-state index >= 15 is 0 Å². The Balaban J connectivity index is 1.79. The van der Waals surface area contributed by atoms with Gasteiger partial charge in [-0.05, 0) is 37.6 Å². The molecule has 1 aromatic rings. The first kappa shape index (κ1) is 12.4. The van der Waals surface area contributed by atoms with Gasteiger partial charge in [0.2, 0.25) is 0 Å². The highest BCUT2D eigenvalue weighted by Crippen LogP contribution is 2.26. The summed E-state index contributed by atoms with van der Waals surface area (Å²) in [5.74, 6) is -1.87. The summed E-state index contributed by atoms with van der Waals surface area (Å²) in [5.41, 5.74) is 0.525. The van der Waals surface area contributed by atoms with Gasteiger partial charge in [0.05, 0.1) is 5.56 Å². The molecule has 1 N–H and O–H groups in total. The van der Waals surface area contributed by atoms with Gasteiger partial charge in [-0.3, -0.25) is 4.90 Å². The van der Waals surface area contributed by atoms with Crippen LogP contribution in [-0.2, 0) is 0 Å². The number of hydrogen-bond acceptors (Lipinski definition) is 3. The standard InChI is InChI=1S/C14H17FN2O2/c15-13-8-10(3-4-12(13)14(18)19)17-7-6-16-5-1-2-11(16)9-17/h3-4,8,11H,1-2,5-7,9H2,(H,18,19). The van der Waals surface area contributed by atoms with Crippen LogP contribution in [0.2, 0.25) is 0 Å².